The molecule has 0 aromatic heterocycles. The average molecular weight is 429 g/mol. The van der Waals surface area contributed by atoms with Crippen molar-refractivity contribution in [3.05, 3.63) is 65.5 Å². The molecule has 31 heavy (non-hydrogen) atoms. The summed E-state index contributed by atoms with van der Waals surface area (Å²) < 4.78 is 19.2. The van der Waals surface area contributed by atoms with E-state index in [0.29, 0.717) is 12.2 Å². The first-order valence-corrected chi connectivity index (χ1v) is 10.8. The molecule has 0 bridgehead atoms. The predicted octanol–water partition coefficient (Wildman–Crippen LogP) is 4.66. The SMILES string of the molecule is CC[C@@H](C(=O)NC(C)C)N(Cc1ccc(F)cc1)C(=O)COc1ccccc1C(C)C. The Labute approximate surface area is 184 Å². The van der Waals surface area contributed by atoms with E-state index in [9.17, 15) is 14.0 Å². The Hall–Kier alpha value is -2.89. The van der Waals surface area contributed by atoms with Crippen molar-refractivity contribution in [1.29, 1.82) is 0 Å². The number of carbonyl (C=O) groups is 2. The summed E-state index contributed by atoms with van der Waals surface area (Å²) in [5, 5.41) is 2.89. The quantitative estimate of drug-likeness (QED) is 0.599. The summed E-state index contributed by atoms with van der Waals surface area (Å²) in [6.07, 6.45) is 0.452. The van der Waals surface area contributed by atoms with Gasteiger partial charge in [0.25, 0.3) is 5.91 Å². The highest BCUT2D eigenvalue weighted by Crippen LogP contribution is 2.26. The van der Waals surface area contributed by atoms with E-state index in [1.807, 2.05) is 45.0 Å². The Balaban J connectivity index is 2.24. The molecule has 2 aromatic rings. The van der Waals surface area contributed by atoms with E-state index in [-0.39, 0.29) is 42.7 Å². The van der Waals surface area contributed by atoms with E-state index < -0.39 is 6.04 Å². The summed E-state index contributed by atoms with van der Waals surface area (Å²) in [6.45, 7) is 9.76. The zero-order valence-corrected chi connectivity index (χ0v) is 19.0. The van der Waals surface area contributed by atoms with Gasteiger partial charge in [0.2, 0.25) is 5.91 Å². The maximum atomic E-state index is 13.3. The summed E-state index contributed by atoms with van der Waals surface area (Å²) in [5.41, 5.74) is 1.76. The van der Waals surface area contributed by atoms with Crippen molar-refractivity contribution in [3.63, 3.8) is 0 Å². The number of amides is 2. The van der Waals surface area contributed by atoms with Crippen LogP contribution in [0, 0.1) is 5.82 Å². The van der Waals surface area contributed by atoms with E-state index in [1.165, 1.54) is 17.0 Å². The van der Waals surface area contributed by atoms with Crippen LogP contribution in [0.15, 0.2) is 48.5 Å². The van der Waals surface area contributed by atoms with Gasteiger partial charge in [-0.25, -0.2) is 4.39 Å². The lowest BCUT2D eigenvalue weighted by Crippen LogP contribution is -2.51. The van der Waals surface area contributed by atoms with Crippen LogP contribution in [0.4, 0.5) is 4.39 Å². The molecule has 2 rings (SSSR count). The molecule has 6 heteroatoms. The number of hydrogen-bond acceptors (Lipinski definition) is 3. The van der Waals surface area contributed by atoms with Crippen LogP contribution in [0.5, 0.6) is 5.75 Å². The molecule has 168 valence electrons. The fraction of sp³-hybridized carbons (Fsp3) is 0.440. The standard InChI is InChI=1S/C25H33FN2O3/c1-6-22(25(30)27-18(4)5)28(15-19-11-13-20(26)14-12-19)24(29)16-31-23-10-8-7-9-21(23)17(2)3/h7-14,17-18,22H,6,15-16H2,1-5H3,(H,27,30)/t22-/m0/s1. The summed E-state index contributed by atoms with van der Waals surface area (Å²) >= 11 is 0. The molecule has 0 aliphatic heterocycles. The minimum Gasteiger partial charge on any atom is -0.483 e. The van der Waals surface area contributed by atoms with Crippen LogP contribution < -0.4 is 10.1 Å². The molecule has 2 aromatic carbocycles. The zero-order chi connectivity index (χ0) is 23.0. The smallest absolute Gasteiger partial charge is 0.261 e. The molecule has 0 heterocycles. The third-order valence-corrected chi connectivity index (χ3v) is 4.98. The highest BCUT2D eigenvalue weighted by Gasteiger charge is 2.29. The third kappa shape index (κ3) is 7.09. The summed E-state index contributed by atoms with van der Waals surface area (Å²) in [7, 11) is 0. The van der Waals surface area contributed by atoms with Crippen LogP contribution in [0.3, 0.4) is 0 Å². The van der Waals surface area contributed by atoms with Crippen molar-refractivity contribution in [3.8, 4) is 5.75 Å². The van der Waals surface area contributed by atoms with Gasteiger partial charge < -0.3 is 15.0 Å². The average Bonchev–Trinajstić information content (AvgIpc) is 2.72. The maximum Gasteiger partial charge on any atom is 0.261 e. The number of hydrogen-bond donors (Lipinski definition) is 1. The van der Waals surface area contributed by atoms with Gasteiger partial charge >= 0.3 is 0 Å². The van der Waals surface area contributed by atoms with Gasteiger partial charge in [-0.05, 0) is 55.5 Å². The lowest BCUT2D eigenvalue weighted by molar-refractivity contribution is -0.143. The Bertz CT molecular complexity index is 865. The van der Waals surface area contributed by atoms with Crippen LogP contribution in [0.2, 0.25) is 0 Å². The Kier molecular flexibility index (Phi) is 9.03. The monoisotopic (exact) mass is 428 g/mol. The van der Waals surface area contributed by atoms with E-state index in [1.54, 1.807) is 12.1 Å². The van der Waals surface area contributed by atoms with Gasteiger partial charge in [-0.3, -0.25) is 9.59 Å². The Morgan fingerprint density at radius 3 is 2.26 bits per heavy atom. The van der Waals surface area contributed by atoms with Gasteiger partial charge in [-0.2, -0.15) is 0 Å². The van der Waals surface area contributed by atoms with E-state index in [0.717, 1.165) is 11.1 Å². The van der Waals surface area contributed by atoms with Crippen LogP contribution in [-0.2, 0) is 16.1 Å². The molecule has 2 amide bonds. The summed E-state index contributed by atoms with van der Waals surface area (Å²) in [4.78, 5) is 27.5. The Morgan fingerprint density at radius 2 is 1.68 bits per heavy atom. The lowest BCUT2D eigenvalue weighted by atomic mass is 10.0. The van der Waals surface area contributed by atoms with Crippen molar-refractivity contribution in [2.45, 2.75) is 65.6 Å². The third-order valence-electron chi connectivity index (χ3n) is 4.98. The molecule has 0 aliphatic carbocycles. The van der Waals surface area contributed by atoms with Crippen LogP contribution in [0.25, 0.3) is 0 Å². The molecule has 0 fully saturated rings. The number of carbonyl (C=O) groups excluding carboxylic acids is 2. The largest absolute Gasteiger partial charge is 0.483 e. The normalized spacial score (nSPS) is 12.0. The number of benzene rings is 2. The van der Waals surface area contributed by atoms with Crippen molar-refractivity contribution in [2.75, 3.05) is 6.61 Å². The van der Waals surface area contributed by atoms with Crippen LogP contribution in [0.1, 0.15) is 58.1 Å². The number of halogens is 1. The molecule has 0 saturated carbocycles. The van der Waals surface area contributed by atoms with Crippen LogP contribution in [-0.4, -0.2) is 35.4 Å². The molecular weight excluding hydrogens is 395 g/mol. The zero-order valence-electron chi connectivity index (χ0n) is 19.0. The molecule has 0 unspecified atom stereocenters. The van der Waals surface area contributed by atoms with Gasteiger partial charge in [0.15, 0.2) is 6.61 Å². The van der Waals surface area contributed by atoms with Gasteiger partial charge in [0.05, 0.1) is 0 Å². The van der Waals surface area contributed by atoms with E-state index in [4.69, 9.17) is 4.74 Å². The fourth-order valence-electron chi connectivity index (χ4n) is 3.40. The van der Waals surface area contributed by atoms with E-state index in [2.05, 4.69) is 19.2 Å². The van der Waals surface area contributed by atoms with Gasteiger partial charge in [-0.15, -0.1) is 0 Å². The molecule has 0 radical (unpaired) electrons. The minimum atomic E-state index is -0.649. The first kappa shape index (κ1) is 24.4. The first-order valence-electron chi connectivity index (χ1n) is 10.8. The Morgan fingerprint density at radius 1 is 1.03 bits per heavy atom. The molecule has 0 spiro atoms. The molecular formula is C25H33FN2O3. The summed E-state index contributed by atoms with van der Waals surface area (Å²) in [6, 6.07) is 12.9. The molecule has 0 saturated heterocycles. The molecule has 0 aliphatic rings. The fourth-order valence-corrected chi connectivity index (χ4v) is 3.40. The van der Waals surface area contributed by atoms with Gasteiger partial charge in [0, 0.05) is 12.6 Å². The second-order valence-corrected chi connectivity index (χ2v) is 8.22. The van der Waals surface area contributed by atoms with Crippen molar-refractivity contribution < 1.29 is 18.7 Å². The summed E-state index contributed by atoms with van der Waals surface area (Å²) in [5.74, 6) is 0.0538. The molecule has 1 atom stereocenters. The minimum absolute atomic E-state index is 0.0431. The number of nitrogens with zero attached hydrogens (tertiary/aromatic N) is 1. The van der Waals surface area contributed by atoms with Gasteiger partial charge in [0.1, 0.15) is 17.6 Å². The van der Waals surface area contributed by atoms with Crippen molar-refractivity contribution in [1.82, 2.24) is 10.2 Å². The first-order chi connectivity index (χ1) is 14.7. The number of rotatable bonds is 10. The number of para-hydroxylation sites is 1. The highest BCUT2D eigenvalue weighted by atomic mass is 19.1. The van der Waals surface area contributed by atoms with E-state index >= 15 is 0 Å². The molecule has 5 nitrogen and oxygen atoms in total. The second kappa shape index (κ2) is 11.5. The number of ether oxygens (including phenoxy) is 1. The van der Waals surface area contributed by atoms with Crippen molar-refractivity contribution >= 4 is 11.8 Å². The van der Waals surface area contributed by atoms with Gasteiger partial charge in [-0.1, -0.05) is 51.1 Å². The highest BCUT2D eigenvalue weighted by molar-refractivity contribution is 5.88. The maximum absolute atomic E-state index is 13.3. The topological polar surface area (TPSA) is 58.6 Å². The second-order valence-electron chi connectivity index (χ2n) is 8.22. The lowest BCUT2D eigenvalue weighted by Gasteiger charge is -2.31. The number of nitrogens with one attached hydrogen (secondary N) is 1. The van der Waals surface area contributed by atoms with Crippen LogP contribution >= 0.6 is 0 Å². The predicted molar refractivity (Wildman–Crippen MR) is 120 cm³/mol. The van der Waals surface area contributed by atoms with Crippen molar-refractivity contribution in [2.24, 2.45) is 0 Å². The molecule has 1 N–H and O–H groups in total.